The molecule has 0 N–H and O–H groups in total. The first-order valence-electron chi connectivity index (χ1n) is 5.99. The van der Waals surface area contributed by atoms with Crippen molar-refractivity contribution in [1.29, 1.82) is 0 Å². The van der Waals surface area contributed by atoms with E-state index in [1.165, 1.54) is 14.2 Å². The first-order chi connectivity index (χ1) is 8.43. The van der Waals surface area contributed by atoms with Gasteiger partial charge in [-0.05, 0) is 12.8 Å². The number of ether oxygens (including phenoxy) is 2. The average molecular weight is 291 g/mol. The third-order valence-electron chi connectivity index (χ3n) is 3.18. The molecule has 1 rings (SSSR count). The number of thioether (sulfide) groups is 1. The molecule has 6 heteroatoms. The molecular weight excluding hydrogens is 270 g/mol. The Morgan fingerprint density at radius 3 is 2.39 bits per heavy atom. The molecule has 1 heterocycles. The van der Waals surface area contributed by atoms with Gasteiger partial charge in [-0.2, -0.15) is 0 Å². The van der Waals surface area contributed by atoms with Crippen LogP contribution in [0.2, 0.25) is 0 Å². The van der Waals surface area contributed by atoms with Crippen LogP contribution in [0.25, 0.3) is 0 Å². The standard InChI is InChI=1S/C12H21NO3S2/c1-7(2)9-6-18-12(17)13(9)10(14)8(3)11(15-4)16-5/h7-9,11H,6H2,1-5H3/t8-,9+/m0/s1. The predicted molar refractivity (Wildman–Crippen MR) is 77.5 cm³/mol. The molecule has 104 valence electrons. The van der Waals surface area contributed by atoms with Crippen LogP contribution >= 0.6 is 24.0 Å². The molecule has 1 fully saturated rings. The number of carbonyl (C=O) groups excluding carboxylic acids is 1. The van der Waals surface area contributed by atoms with E-state index in [0.717, 1.165) is 5.75 Å². The van der Waals surface area contributed by atoms with Crippen LogP contribution in [0.5, 0.6) is 0 Å². The zero-order valence-corrected chi connectivity index (χ0v) is 13.1. The number of thiocarbonyl (C=S) groups is 1. The van der Waals surface area contributed by atoms with Gasteiger partial charge in [-0.15, -0.1) is 0 Å². The van der Waals surface area contributed by atoms with Crippen LogP contribution in [-0.4, -0.2) is 47.4 Å². The monoisotopic (exact) mass is 291 g/mol. The van der Waals surface area contributed by atoms with Crippen LogP contribution in [0.3, 0.4) is 0 Å². The van der Waals surface area contributed by atoms with E-state index in [4.69, 9.17) is 21.7 Å². The summed E-state index contributed by atoms with van der Waals surface area (Å²) in [4.78, 5) is 14.2. The van der Waals surface area contributed by atoms with Gasteiger partial charge in [0.05, 0.1) is 5.92 Å². The Morgan fingerprint density at radius 1 is 1.39 bits per heavy atom. The molecule has 0 aliphatic carbocycles. The summed E-state index contributed by atoms with van der Waals surface area (Å²) in [5, 5.41) is 0. The molecule has 0 aromatic heterocycles. The maximum atomic E-state index is 12.5. The van der Waals surface area contributed by atoms with Gasteiger partial charge in [0.15, 0.2) is 6.29 Å². The van der Waals surface area contributed by atoms with Crippen molar-refractivity contribution in [2.75, 3.05) is 20.0 Å². The van der Waals surface area contributed by atoms with Gasteiger partial charge >= 0.3 is 0 Å². The molecule has 2 atom stereocenters. The highest BCUT2D eigenvalue weighted by Crippen LogP contribution is 2.31. The first kappa shape index (κ1) is 15.9. The number of amides is 1. The van der Waals surface area contributed by atoms with Crippen molar-refractivity contribution in [3.63, 3.8) is 0 Å². The van der Waals surface area contributed by atoms with Crippen molar-refractivity contribution in [3.8, 4) is 0 Å². The summed E-state index contributed by atoms with van der Waals surface area (Å²) in [6.07, 6.45) is -0.529. The molecule has 0 unspecified atom stereocenters. The van der Waals surface area contributed by atoms with Gasteiger partial charge in [-0.1, -0.05) is 37.8 Å². The molecule has 1 amide bonds. The third-order valence-corrected chi connectivity index (χ3v) is 4.68. The van der Waals surface area contributed by atoms with Gasteiger partial charge in [-0.25, -0.2) is 0 Å². The van der Waals surface area contributed by atoms with Gasteiger partial charge in [0, 0.05) is 26.0 Å². The van der Waals surface area contributed by atoms with E-state index in [1.54, 1.807) is 16.7 Å². The molecule has 18 heavy (non-hydrogen) atoms. The van der Waals surface area contributed by atoms with E-state index in [1.807, 2.05) is 6.92 Å². The van der Waals surface area contributed by atoms with Crippen LogP contribution in [0, 0.1) is 11.8 Å². The van der Waals surface area contributed by atoms with Gasteiger partial charge in [0.25, 0.3) is 0 Å². The van der Waals surface area contributed by atoms with Crippen LogP contribution in [-0.2, 0) is 14.3 Å². The molecule has 0 radical (unpaired) electrons. The van der Waals surface area contributed by atoms with E-state index < -0.39 is 6.29 Å². The second kappa shape index (κ2) is 6.84. The summed E-state index contributed by atoms with van der Waals surface area (Å²) in [6.45, 7) is 6.02. The zero-order chi connectivity index (χ0) is 13.9. The SMILES string of the molecule is COC(OC)[C@@H](C)C(=O)N1C(=S)SC[C@@H]1C(C)C. The lowest BCUT2D eigenvalue weighted by molar-refractivity contribution is -0.161. The highest BCUT2D eigenvalue weighted by atomic mass is 32.2. The van der Waals surface area contributed by atoms with E-state index in [2.05, 4.69) is 13.8 Å². The highest BCUT2D eigenvalue weighted by Gasteiger charge is 2.39. The minimum atomic E-state index is -0.529. The molecule has 4 nitrogen and oxygen atoms in total. The molecule has 1 aliphatic rings. The van der Waals surface area contributed by atoms with Gasteiger partial charge in [0.2, 0.25) is 5.91 Å². The zero-order valence-electron chi connectivity index (χ0n) is 11.5. The van der Waals surface area contributed by atoms with Crippen molar-refractivity contribution < 1.29 is 14.3 Å². The fourth-order valence-corrected chi connectivity index (χ4v) is 3.66. The number of hydrogen-bond donors (Lipinski definition) is 0. The second-order valence-electron chi connectivity index (χ2n) is 4.72. The second-order valence-corrected chi connectivity index (χ2v) is 6.38. The maximum absolute atomic E-state index is 12.5. The van der Waals surface area contributed by atoms with Crippen molar-refractivity contribution >= 4 is 34.2 Å². The Morgan fingerprint density at radius 2 is 1.94 bits per heavy atom. The minimum Gasteiger partial charge on any atom is -0.355 e. The fourth-order valence-electron chi connectivity index (χ4n) is 2.02. The lowest BCUT2D eigenvalue weighted by atomic mass is 10.0. The predicted octanol–water partition coefficient (Wildman–Crippen LogP) is 2.13. The largest absolute Gasteiger partial charge is 0.355 e. The normalized spacial score (nSPS) is 22.1. The van der Waals surface area contributed by atoms with E-state index in [0.29, 0.717) is 10.2 Å². The minimum absolute atomic E-state index is 0.0163. The molecule has 0 saturated carbocycles. The Bertz CT molecular complexity index is 318. The first-order valence-corrected chi connectivity index (χ1v) is 7.38. The Hall–Kier alpha value is -0.170. The summed E-state index contributed by atoms with van der Waals surface area (Å²) < 4.78 is 11.0. The lowest BCUT2D eigenvalue weighted by Crippen LogP contribution is -2.47. The number of carbonyl (C=O) groups is 1. The van der Waals surface area contributed by atoms with Crippen molar-refractivity contribution in [2.45, 2.75) is 33.1 Å². The van der Waals surface area contributed by atoms with E-state index >= 15 is 0 Å². The van der Waals surface area contributed by atoms with Crippen LogP contribution in [0.1, 0.15) is 20.8 Å². The summed E-state index contributed by atoms with van der Waals surface area (Å²) in [5.74, 6) is 0.882. The number of nitrogens with zero attached hydrogens (tertiary/aromatic N) is 1. The van der Waals surface area contributed by atoms with Gasteiger partial charge in [-0.3, -0.25) is 9.69 Å². The quantitative estimate of drug-likeness (QED) is 0.573. The average Bonchev–Trinajstić information content (AvgIpc) is 2.71. The molecule has 0 bridgehead atoms. The van der Waals surface area contributed by atoms with E-state index in [9.17, 15) is 4.79 Å². The third kappa shape index (κ3) is 3.23. The summed E-state index contributed by atoms with van der Waals surface area (Å²) in [7, 11) is 3.07. The van der Waals surface area contributed by atoms with Crippen LogP contribution in [0.4, 0.5) is 0 Å². The number of methoxy groups -OCH3 is 2. The highest BCUT2D eigenvalue weighted by molar-refractivity contribution is 8.23. The van der Waals surface area contributed by atoms with Gasteiger partial charge in [0.1, 0.15) is 4.32 Å². The summed E-state index contributed by atoms with van der Waals surface area (Å²) in [6, 6.07) is 0.173. The van der Waals surface area contributed by atoms with Crippen molar-refractivity contribution in [3.05, 3.63) is 0 Å². The van der Waals surface area contributed by atoms with Crippen molar-refractivity contribution in [2.24, 2.45) is 11.8 Å². The molecule has 0 aromatic carbocycles. The Kier molecular flexibility index (Phi) is 6.04. The molecule has 0 aromatic rings. The van der Waals surface area contributed by atoms with Crippen molar-refractivity contribution in [1.82, 2.24) is 4.90 Å². The summed E-state index contributed by atoms with van der Waals surface area (Å²) >= 11 is 6.85. The lowest BCUT2D eigenvalue weighted by Gasteiger charge is -2.30. The molecule has 0 spiro atoms. The summed E-state index contributed by atoms with van der Waals surface area (Å²) in [5.41, 5.74) is 0. The maximum Gasteiger partial charge on any atom is 0.236 e. The van der Waals surface area contributed by atoms with Crippen LogP contribution < -0.4 is 0 Å². The fraction of sp³-hybridized carbons (Fsp3) is 0.833. The molecule has 1 aliphatic heterocycles. The van der Waals surface area contributed by atoms with Gasteiger partial charge < -0.3 is 9.47 Å². The smallest absolute Gasteiger partial charge is 0.236 e. The van der Waals surface area contributed by atoms with Crippen LogP contribution in [0.15, 0.2) is 0 Å². The Labute approximate surface area is 118 Å². The number of hydrogen-bond acceptors (Lipinski definition) is 5. The van der Waals surface area contributed by atoms with E-state index in [-0.39, 0.29) is 17.9 Å². The molecule has 1 saturated heterocycles. The topological polar surface area (TPSA) is 38.8 Å². The Balaban J connectivity index is 2.83. The molecular formula is C12H21NO3S2. The number of rotatable bonds is 5.